The molecule has 1 fully saturated rings. The van der Waals surface area contributed by atoms with Gasteiger partial charge in [-0.2, -0.15) is 0 Å². The molecule has 4 N–H and O–H groups in total. The number of aryl methyl sites for hydroxylation is 2. The van der Waals surface area contributed by atoms with Crippen molar-refractivity contribution in [2.75, 3.05) is 13.1 Å². The number of hydrogen-bond donors (Lipinski definition) is 3. The molecule has 9 heteroatoms. The third-order valence-electron chi connectivity index (χ3n) is 9.11. The van der Waals surface area contributed by atoms with Crippen LogP contribution < -0.4 is 11.1 Å². The smallest absolute Gasteiger partial charge is 0.321 e. The summed E-state index contributed by atoms with van der Waals surface area (Å²) >= 11 is 0. The van der Waals surface area contributed by atoms with E-state index in [0.717, 1.165) is 39.5 Å². The number of pyridine rings is 2. The van der Waals surface area contributed by atoms with Crippen LogP contribution in [-0.4, -0.2) is 74.1 Å². The Bertz CT molecular complexity index is 1710. The van der Waals surface area contributed by atoms with E-state index < -0.39 is 29.6 Å². The Kier molecular flexibility index (Phi) is 11.5. The predicted molar refractivity (Wildman–Crippen MR) is 194 cm³/mol. The number of carbonyl (C=O) groups excluding carboxylic acids is 2. The van der Waals surface area contributed by atoms with Crippen molar-refractivity contribution in [2.45, 2.75) is 84.7 Å². The summed E-state index contributed by atoms with van der Waals surface area (Å²) in [4.78, 5) is 40.5. The molecule has 1 saturated heterocycles. The minimum atomic E-state index is -0.869. The molecule has 1 aliphatic heterocycles. The molecule has 0 saturated carbocycles. The first kappa shape index (κ1) is 35.7. The van der Waals surface area contributed by atoms with Crippen molar-refractivity contribution in [3.05, 3.63) is 119 Å². The van der Waals surface area contributed by atoms with E-state index in [1.165, 1.54) is 0 Å². The lowest BCUT2D eigenvalue weighted by Gasteiger charge is -2.37. The number of rotatable bonds is 13. The van der Waals surface area contributed by atoms with Crippen molar-refractivity contribution in [2.24, 2.45) is 11.1 Å². The average molecular weight is 663 g/mol. The second-order valence-electron chi connectivity index (χ2n) is 14.4. The van der Waals surface area contributed by atoms with Crippen LogP contribution in [0.2, 0.25) is 0 Å². The zero-order valence-corrected chi connectivity index (χ0v) is 29.3. The number of carbonyl (C=O) groups is 2. The van der Waals surface area contributed by atoms with Crippen LogP contribution in [0.5, 0.6) is 0 Å². The average Bonchev–Trinajstić information content (AvgIpc) is 3.39. The van der Waals surface area contributed by atoms with Gasteiger partial charge >= 0.3 is 6.03 Å². The predicted octanol–water partition coefficient (Wildman–Crippen LogP) is 5.46. The Balaban J connectivity index is 1.27. The Labute approximate surface area is 290 Å². The van der Waals surface area contributed by atoms with Crippen LogP contribution in [0.3, 0.4) is 0 Å². The molecule has 0 radical (unpaired) electrons. The molecule has 0 spiro atoms. The minimum absolute atomic E-state index is 0.177. The highest BCUT2D eigenvalue weighted by atomic mass is 16.3. The second-order valence-corrected chi connectivity index (χ2v) is 14.4. The fourth-order valence-electron chi connectivity index (χ4n) is 6.63. The fourth-order valence-corrected chi connectivity index (χ4v) is 6.63. The van der Waals surface area contributed by atoms with Crippen LogP contribution >= 0.6 is 0 Å². The first-order valence-electron chi connectivity index (χ1n) is 17.2. The molecule has 4 aromatic rings. The van der Waals surface area contributed by atoms with Gasteiger partial charge in [-0.25, -0.2) is 4.79 Å². The standard InChI is InChI=1S/C40H50N6O3/c1-27-11-9-15-32(42-27)26-45-21-22-46(39(45)49)37(40(3,4)5)38(48)44-33(23-29-13-7-6-8-14-29)25-36(47)34(41)24-30-17-19-31(20-18-30)35-16-10-12-28(2)43-35/h6-20,33-34,36-37,47H,21-26,41H2,1-5H3,(H,44,48)/t33-,34-,36-,37?/m0/s1. The molecule has 49 heavy (non-hydrogen) atoms. The normalized spacial score (nSPS) is 15.9. The lowest BCUT2D eigenvalue weighted by Crippen LogP contribution is -2.57. The fraction of sp³-hybridized carbons (Fsp3) is 0.400. The molecule has 1 unspecified atom stereocenters. The maximum absolute atomic E-state index is 14.2. The third-order valence-corrected chi connectivity index (χ3v) is 9.11. The van der Waals surface area contributed by atoms with Gasteiger partial charge in [0, 0.05) is 42.1 Å². The summed E-state index contributed by atoms with van der Waals surface area (Å²) in [6.45, 7) is 11.2. The van der Waals surface area contributed by atoms with E-state index in [-0.39, 0.29) is 18.4 Å². The molecular weight excluding hydrogens is 612 g/mol. The molecule has 9 nitrogen and oxygen atoms in total. The maximum Gasteiger partial charge on any atom is 0.321 e. The monoisotopic (exact) mass is 662 g/mol. The first-order chi connectivity index (χ1) is 23.4. The van der Waals surface area contributed by atoms with Crippen molar-refractivity contribution in [1.82, 2.24) is 25.1 Å². The van der Waals surface area contributed by atoms with Crippen molar-refractivity contribution in [3.8, 4) is 11.3 Å². The first-order valence-corrected chi connectivity index (χ1v) is 17.2. The van der Waals surface area contributed by atoms with Crippen LogP contribution in [0.25, 0.3) is 11.3 Å². The summed E-state index contributed by atoms with van der Waals surface area (Å²) in [5.74, 6) is -0.238. The largest absolute Gasteiger partial charge is 0.391 e. The Morgan fingerprint density at radius 2 is 1.51 bits per heavy atom. The molecule has 4 atom stereocenters. The van der Waals surface area contributed by atoms with E-state index in [9.17, 15) is 14.7 Å². The highest BCUT2D eigenvalue weighted by Crippen LogP contribution is 2.29. The molecule has 2 aromatic heterocycles. The van der Waals surface area contributed by atoms with Crippen LogP contribution in [0, 0.1) is 19.3 Å². The van der Waals surface area contributed by atoms with Gasteiger partial charge in [-0.05, 0) is 73.9 Å². The highest BCUT2D eigenvalue weighted by Gasteiger charge is 2.44. The van der Waals surface area contributed by atoms with Gasteiger partial charge in [-0.15, -0.1) is 0 Å². The molecule has 3 heterocycles. The summed E-state index contributed by atoms with van der Waals surface area (Å²) < 4.78 is 0. The number of aliphatic hydroxyl groups excluding tert-OH is 1. The summed E-state index contributed by atoms with van der Waals surface area (Å²) in [6, 6.07) is 27.9. The number of benzene rings is 2. The van der Waals surface area contributed by atoms with E-state index in [4.69, 9.17) is 5.73 Å². The number of nitrogens with two attached hydrogens (primary N) is 1. The van der Waals surface area contributed by atoms with Gasteiger partial charge in [0.15, 0.2) is 0 Å². The van der Waals surface area contributed by atoms with E-state index in [1.54, 1.807) is 9.80 Å². The quantitative estimate of drug-likeness (QED) is 0.175. The zero-order chi connectivity index (χ0) is 35.1. The van der Waals surface area contributed by atoms with Crippen molar-refractivity contribution in [3.63, 3.8) is 0 Å². The Hall–Kier alpha value is -4.60. The van der Waals surface area contributed by atoms with Crippen molar-refractivity contribution < 1.29 is 14.7 Å². The summed E-state index contributed by atoms with van der Waals surface area (Å²) in [7, 11) is 0. The SMILES string of the molecule is Cc1cccc(CN2CCN(C(C(=O)N[C@@H](Cc3ccccc3)C[C@H](O)[C@@H](N)Cc3ccc(-c4cccc(C)n4)cc3)C(C)(C)C)C2=O)n1. The van der Waals surface area contributed by atoms with Gasteiger partial charge in [0.1, 0.15) is 6.04 Å². The van der Waals surface area contributed by atoms with Gasteiger partial charge in [0.25, 0.3) is 0 Å². The molecule has 0 bridgehead atoms. The number of aromatic nitrogens is 2. The third kappa shape index (κ3) is 9.52. The van der Waals surface area contributed by atoms with E-state index in [0.29, 0.717) is 32.5 Å². The number of hydrogen-bond acceptors (Lipinski definition) is 6. The molecular formula is C40H50N6O3. The second kappa shape index (κ2) is 15.7. The lowest BCUT2D eigenvalue weighted by molar-refractivity contribution is -0.129. The van der Waals surface area contributed by atoms with Gasteiger partial charge < -0.3 is 26.0 Å². The Morgan fingerprint density at radius 3 is 2.16 bits per heavy atom. The highest BCUT2D eigenvalue weighted by molar-refractivity contribution is 5.89. The number of aliphatic hydroxyl groups is 1. The number of urea groups is 1. The molecule has 1 aliphatic rings. The van der Waals surface area contributed by atoms with Crippen molar-refractivity contribution in [1.29, 1.82) is 0 Å². The maximum atomic E-state index is 14.2. The van der Waals surface area contributed by atoms with Gasteiger partial charge in [-0.3, -0.25) is 14.8 Å². The van der Waals surface area contributed by atoms with Gasteiger partial charge in [-0.1, -0.05) is 87.5 Å². The van der Waals surface area contributed by atoms with E-state index in [1.807, 2.05) is 126 Å². The minimum Gasteiger partial charge on any atom is -0.391 e. The van der Waals surface area contributed by atoms with Crippen LogP contribution in [0.1, 0.15) is 55.4 Å². The number of nitrogens with one attached hydrogen (secondary N) is 1. The topological polar surface area (TPSA) is 125 Å². The van der Waals surface area contributed by atoms with Crippen LogP contribution in [0.4, 0.5) is 4.79 Å². The lowest BCUT2D eigenvalue weighted by atomic mass is 9.84. The van der Waals surface area contributed by atoms with Gasteiger partial charge in [0.2, 0.25) is 5.91 Å². The zero-order valence-electron chi connectivity index (χ0n) is 29.3. The van der Waals surface area contributed by atoms with Crippen LogP contribution in [-0.2, 0) is 24.2 Å². The molecule has 2 aromatic carbocycles. The molecule has 0 aliphatic carbocycles. The number of amides is 3. The summed E-state index contributed by atoms with van der Waals surface area (Å²) in [5, 5.41) is 14.6. The van der Waals surface area contributed by atoms with Crippen molar-refractivity contribution >= 4 is 11.9 Å². The Morgan fingerprint density at radius 1 is 0.857 bits per heavy atom. The van der Waals surface area contributed by atoms with Crippen LogP contribution in [0.15, 0.2) is 91.0 Å². The van der Waals surface area contributed by atoms with E-state index >= 15 is 0 Å². The molecule has 3 amide bonds. The van der Waals surface area contributed by atoms with E-state index in [2.05, 4.69) is 15.3 Å². The molecule has 258 valence electrons. The summed E-state index contributed by atoms with van der Waals surface area (Å²) in [5.41, 5.74) is 12.7. The summed E-state index contributed by atoms with van der Waals surface area (Å²) in [6.07, 6.45) is 0.395. The molecule has 5 rings (SSSR count). The van der Waals surface area contributed by atoms with Gasteiger partial charge in [0.05, 0.1) is 24.0 Å². The number of nitrogens with zero attached hydrogens (tertiary/aromatic N) is 4.